The van der Waals surface area contributed by atoms with E-state index in [4.69, 9.17) is 4.74 Å². The fourth-order valence-corrected chi connectivity index (χ4v) is 5.33. The number of aromatic nitrogens is 2. The van der Waals surface area contributed by atoms with Crippen molar-refractivity contribution in [2.24, 2.45) is 0 Å². The van der Waals surface area contributed by atoms with Crippen LogP contribution in [0.2, 0.25) is 0 Å². The highest BCUT2D eigenvalue weighted by molar-refractivity contribution is 7.89. The third-order valence-electron chi connectivity index (χ3n) is 5.71. The second-order valence-electron chi connectivity index (χ2n) is 7.27. The van der Waals surface area contributed by atoms with Crippen molar-refractivity contribution in [3.8, 4) is 0 Å². The minimum absolute atomic E-state index is 0.0162. The number of nitrogens with one attached hydrogen (secondary N) is 2. The van der Waals surface area contributed by atoms with E-state index in [0.29, 0.717) is 26.1 Å². The number of amides is 1. The molecule has 9 heteroatoms. The van der Waals surface area contributed by atoms with Crippen LogP contribution in [0.1, 0.15) is 51.0 Å². The van der Waals surface area contributed by atoms with Crippen molar-refractivity contribution in [2.75, 3.05) is 13.2 Å². The SMILES string of the molecule is O=C1CC[C@@H](NS(=O)(=O)c2cnn(C3CCOCC3)c2)C2(CCC2)N1. The van der Waals surface area contributed by atoms with E-state index in [-0.39, 0.29) is 22.9 Å². The van der Waals surface area contributed by atoms with Crippen LogP contribution >= 0.6 is 0 Å². The summed E-state index contributed by atoms with van der Waals surface area (Å²) in [7, 11) is -3.66. The molecule has 1 atom stereocenters. The Labute approximate surface area is 147 Å². The van der Waals surface area contributed by atoms with Gasteiger partial charge in [-0.1, -0.05) is 0 Å². The average molecular weight is 368 g/mol. The maximum Gasteiger partial charge on any atom is 0.244 e. The van der Waals surface area contributed by atoms with Gasteiger partial charge in [0.15, 0.2) is 0 Å². The van der Waals surface area contributed by atoms with Crippen LogP contribution in [-0.2, 0) is 19.6 Å². The van der Waals surface area contributed by atoms with Crippen LogP contribution in [0.5, 0.6) is 0 Å². The number of ether oxygens (including phenoxy) is 1. The van der Waals surface area contributed by atoms with Crippen molar-refractivity contribution < 1.29 is 17.9 Å². The number of carbonyl (C=O) groups is 1. The summed E-state index contributed by atoms with van der Waals surface area (Å²) in [5.74, 6) is 0.0162. The van der Waals surface area contributed by atoms with Gasteiger partial charge in [0, 0.05) is 31.9 Å². The molecule has 8 nitrogen and oxygen atoms in total. The van der Waals surface area contributed by atoms with Crippen molar-refractivity contribution in [1.82, 2.24) is 19.8 Å². The number of sulfonamides is 1. The smallest absolute Gasteiger partial charge is 0.244 e. The summed E-state index contributed by atoms with van der Waals surface area (Å²) in [4.78, 5) is 11.9. The summed E-state index contributed by atoms with van der Waals surface area (Å²) in [6.45, 7) is 1.35. The average Bonchev–Trinajstić information content (AvgIpc) is 3.07. The number of hydrogen-bond donors (Lipinski definition) is 2. The Kier molecular flexibility index (Phi) is 4.33. The molecule has 25 heavy (non-hydrogen) atoms. The zero-order chi connectivity index (χ0) is 17.5. The van der Waals surface area contributed by atoms with E-state index in [9.17, 15) is 13.2 Å². The van der Waals surface area contributed by atoms with Gasteiger partial charge < -0.3 is 10.1 Å². The van der Waals surface area contributed by atoms with E-state index in [0.717, 1.165) is 32.1 Å². The number of carbonyl (C=O) groups excluding carboxylic acids is 1. The van der Waals surface area contributed by atoms with Crippen LogP contribution in [0.25, 0.3) is 0 Å². The summed E-state index contributed by atoms with van der Waals surface area (Å²) in [6, 6.07) is -0.0694. The maximum atomic E-state index is 12.8. The first-order valence-corrected chi connectivity index (χ1v) is 10.4. The highest BCUT2D eigenvalue weighted by Gasteiger charge is 2.49. The molecule has 0 unspecified atom stereocenters. The zero-order valence-corrected chi connectivity index (χ0v) is 14.9. The fourth-order valence-electron chi connectivity index (χ4n) is 4.05. The van der Waals surface area contributed by atoms with Crippen molar-refractivity contribution in [3.05, 3.63) is 12.4 Å². The Bertz CT molecular complexity index is 750. The van der Waals surface area contributed by atoms with Gasteiger partial charge in [0.25, 0.3) is 0 Å². The Balaban J connectivity index is 1.50. The molecule has 1 spiro atoms. The Hall–Kier alpha value is -1.45. The van der Waals surface area contributed by atoms with Gasteiger partial charge in [-0.15, -0.1) is 0 Å². The number of nitrogens with zero attached hydrogens (tertiary/aromatic N) is 2. The molecule has 1 aromatic heterocycles. The molecule has 3 aliphatic rings. The summed E-state index contributed by atoms with van der Waals surface area (Å²) >= 11 is 0. The normalized spacial score (nSPS) is 27.0. The third kappa shape index (κ3) is 3.20. The lowest BCUT2D eigenvalue weighted by Gasteiger charge is -2.50. The summed E-state index contributed by atoms with van der Waals surface area (Å²) in [5.41, 5.74) is -0.404. The van der Waals surface area contributed by atoms with E-state index in [1.165, 1.54) is 6.20 Å². The molecule has 3 fully saturated rings. The third-order valence-corrected chi connectivity index (χ3v) is 7.14. The predicted molar refractivity (Wildman–Crippen MR) is 89.4 cm³/mol. The van der Waals surface area contributed by atoms with Crippen LogP contribution in [0.3, 0.4) is 0 Å². The van der Waals surface area contributed by atoms with E-state index in [2.05, 4.69) is 15.1 Å². The van der Waals surface area contributed by atoms with E-state index in [1.807, 2.05) is 0 Å². The Morgan fingerprint density at radius 3 is 2.72 bits per heavy atom. The van der Waals surface area contributed by atoms with Gasteiger partial charge in [-0.3, -0.25) is 9.48 Å². The molecule has 0 aromatic carbocycles. The lowest BCUT2D eigenvalue weighted by Crippen LogP contribution is -2.68. The quantitative estimate of drug-likeness (QED) is 0.815. The molecule has 0 bridgehead atoms. The van der Waals surface area contributed by atoms with Crippen LogP contribution in [0.15, 0.2) is 17.3 Å². The van der Waals surface area contributed by atoms with Crippen LogP contribution < -0.4 is 10.0 Å². The summed E-state index contributed by atoms with van der Waals surface area (Å²) in [5, 5.41) is 7.26. The number of hydrogen-bond acceptors (Lipinski definition) is 5. The monoisotopic (exact) mass is 368 g/mol. The van der Waals surface area contributed by atoms with Crippen molar-refractivity contribution in [2.45, 2.75) is 67.5 Å². The van der Waals surface area contributed by atoms with Crippen molar-refractivity contribution in [3.63, 3.8) is 0 Å². The van der Waals surface area contributed by atoms with E-state index >= 15 is 0 Å². The molecule has 1 amide bonds. The van der Waals surface area contributed by atoms with Crippen LogP contribution in [-0.4, -0.2) is 48.9 Å². The molecule has 1 aliphatic carbocycles. The topological polar surface area (TPSA) is 102 Å². The zero-order valence-electron chi connectivity index (χ0n) is 14.1. The minimum atomic E-state index is -3.66. The van der Waals surface area contributed by atoms with E-state index < -0.39 is 15.6 Å². The molecule has 1 aromatic rings. The molecule has 0 radical (unpaired) electrons. The first kappa shape index (κ1) is 17.0. The highest BCUT2D eigenvalue weighted by atomic mass is 32.2. The van der Waals surface area contributed by atoms with Crippen molar-refractivity contribution in [1.29, 1.82) is 0 Å². The lowest BCUT2D eigenvalue weighted by molar-refractivity contribution is -0.127. The van der Waals surface area contributed by atoms with Gasteiger partial charge in [0.2, 0.25) is 15.9 Å². The molecular formula is C16H24N4O4S. The van der Waals surface area contributed by atoms with Gasteiger partial charge in [-0.25, -0.2) is 13.1 Å². The van der Waals surface area contributed by atoms with Gasteiger partial charge in [0.05, 0.1) is 17.8 Å². The molecule has 2 aliphatic heterocycles. The van der Waals surface area contributed by atoms with Crippen LogP contribution in [0, 0.1) is 0 Å². The molecule has 4 rings (SSSR count). The van der Waals surface area contributed by atoms with Crippen LogP contribution in [0.4, 0.5) is 0 Å². The first-order chi connectivity index (χ1) is 12.0. The second kappa shape index (κ2) is 6.37. The Morgan fingerprint density at radius 1 is 1.28 bits per heavy atom. The van der Waals surface area contributed by atoms with Gasteiger partial charge in [-0.05, 0) is 38.5 Å². The minimum Gasteiger partial charge on any atom is -0.381 e. The Morgan fingerprint density at radius 2 is 2.04 bits per heavy atom. The fraction of sp³-hybridized carbons (Fsp3) is 0.750. The van der Waals surface area contributed by atoms with Crippen molar-refractivity contribution >= 4 is 15.9 Å². The second-order valence-corrected chi connectivity index (χ2v) is 8.98. The summed E-state index contributed by atoms with van der Waals surface area (Å²) < 4.78 is 35.5. The molecule has 138 valence electrons. The predicted octanol–water partition coefficient (Wildman–Crippen LogP) is 0.714. The maximum absolute atomic E-state index is 12.8. The number of piperidine rings is 1. The summed E-state index contributed by atoms with van der Waals surface area (Å²) in [6.07, 6.45) is 8.26. The highest BCUT2D eigenvalue weighted by Crippen LogP contribution is 2.39. The van der Waals surface area contributed by atoms with E-state index in [1.54, 1.807) is 10.9 Å². The van der Waals surface area contributed by atoms with Gasteiger partial charge in [-0.2, -0.15) is 5.10 Å². The lowest BCUT2D eigenvalue weighted by atomic mass is 9.68. The molecule has 1 saturated carbocycles. The first-order valence-electron chi connectivity index (χ1n) is 8.94. The molecular weight excluding hydrogens is 344 g/mol. The largest absolute Gasteiger partial charge is 0.381 e. The standard InChI is InChI=1S/C16H24N4O4S/c21-15-3-2-14(16(18-15)6-1-7-16)19-25(22,23)13-10-17-20(11-13)12-4-8-24-9-5-12/h10-12,14,19H,1-9H2,(H,18,21)/t14-/m1/s1. The molecule has 2 saturated heterocycles. The van der Waals surface area contributed by atoms with Gasteiger partial charge in [0.1, 0.15) is 4.90 Å². The van der Waals surface area contributed by atoms with Gasteiger partial charge >= 0.3 is 0 Å². The molecule has 2 N–H and O–H groups in total. The number of rotatable bonds is 4. The molecule has 3 heterocycles.